The minimum atomic E-state index is 0.217. The fourth-order valence-electron chi connectivity index (χ4n) is 1.93. The van der Waals surface area contributed by atoms with Gasteiger partial charge in [0.25, 0.3) is 0 Å². The molecule has 2 rings (SSSR count). The molecule has 84 valence electrons. The number of hydrogen-bond acceptors (Lipinski definition) is 2. The molecule has 0 spiro atoms. The van der Waals surface area contributed by atoms with Crippen molar-refractivity contribution in [3.63, 3.8) is 0 Å². The fraction of sp³-hybridized carbons (Fsp3) is 0.286. The van der Waals surface area contributed by atoms with Crippen molar-refractivity contribution in [2.24, 2.45) is 0 Å². The van der Waals surface area contributed by atoms with Crippen LogP contribution >= 0.6 is 0 Å². The number of unbranched alkanes of at least 4 members (excludes halogenated alkanes) is 1. The molecule has 0 aliphatic carbocycles. The van der Waals surface area contributed by atoms with Gasteiger partial charge in [-0.05, 0) is 30.2 Å². The molecule has 2 nitrogen and oxygen atoms in total. The first kappa shape index (κ1) is 11.0. The van der Waals surface area contributed by atoms with E-state index in [2.05, 4.69) is 0 Å². The lowest BCUT2D eigenvalue weighted by Gasteiger charge is -2.07. The van der Waals surface area contributed by atoms with E-state index in [1.807, 2.05) is 36.4 Å². The zero-order valence-corrected chi connectivity index (χ0v) is 9.19. The Labute approximate surface area is 95.2 Å². The van der Waals surface area contributed by atoms with Gasteiger partial charge in [0, 0.05) is 12.0 Å². The number of phenols is 1. The highest BCUT2D eigenvalue weighted by atomic mass is 16.3. The molecule has 2 N–H and O–H groups in total. The number of rotatable bonds is 4. The van der Waals surface area contributed by atoms with Crippen LogP contribution in [0.25, 0.3) is 10.8 Å². The van der Waals surface area contributed by atoms with E-state index in [1.54, 1.807) is 0 Å². The highest BCUT2D eigenvalue weighted by Crippen LogP contribution is 2.29. The first-order valence-electron chi connectivity index (χ1n) is 5.63. The molecular formula is C14H16O2. The van der Waals surface area contributed by atoms with Gasteiger partial charge in [-0.15, -0.1) is 0 Å². The van der Waals surface area contributed by atoms with E-state index in [0.29, 0.717) is 5.75 Å². The smallest absolute Gasteiger partial charge is 0.126 e. The Balaban J connectivity index is 2.29. The molecule has 0 atom stereocenters. The lowest BCUT2D eigenvalue weighted by molar-refractivity contribution is 0.284. The molecule has 2 aromatic carbocycles. The third-order valence-corrected chi connectivity index (χ3v) is 2.84. The van der Waals surface area contributed by atoms with Crippen LogP contribution in [0.3, 0.4) is 0 Å². The van der Waals surface area contributed by atoms with Crippen molar-refractivity contribution >= 4 is 10.8 Å². The minimum Gasteiger partial charge on any atom is -0.507 e. The molecule has 2 aromatic rings. The molecule has 0 amide bonds. The second-order valence-electron chi connectivity index (χ2n) is 3.98. The summed E-state index contributed by atoms with van der Waals surface area (Å²) < 4.78 is 0. The van der Waals surface area contributed by atoms with Crippen LogP contribution in [0.15, 0.2) is 36.4 Å². The zero-order valence-electron chi connectivity index (χ0n) is 9.19. The van der Waals surface area contributed by atoms with Gasteiger partial charge in [-0.25, -0.2) is 0 Å². The predicted octanol–water partition coefficient (Wildman–Crippen LogP) is 2.86. The maximum absolute atomic E-state index is 10.1. The second kappa shape index (κ2) is 4.99. The summed E-state index contributed by atoms with van der Waals surface area (Å²) in [6.07, 6.45) is 2.51. The Morgan fingerprint density at radius 1 is 0.938 bits per heavy atom. The molecule has 0 radical (unpaired) electrons. The summed E-state index contributed by atoms with van der Waals surface area (Å²) in [7, 11) is 0. The highest BCUT2D eigenvalue weighted by Gasteiger charge is 2.05. The van der Waals surface area contributed by atoms with Gasteiger partial charge in [0.1, 0.15) is 5.75 Å². The quantitative estimate of drug-likeness (QED) is 0.771. The van der Waals surface area contributed by atoms with Crippen LogP contribution < -0.4 is 0 Å². The summed E-state index contributed by atoms with van der Waals surface area (Å²) in [6, 6.07) is 11.8. The first-order chi connectivity index (χ1) is 7.83. The summed E-state index contributed by atoms with van der Waals surface area (Å²) in [6.45, 7) is 0.217. The van der Waals surface area contributed by atoms with Crippen molar-refractivity contribution in [3.8, 4) is 5.75 Å². The molecule has 0 heterocycles. The number of phenolic OH excluding ortho intramolecular Hbond substituents is 1. The van der Waals surface area contributed by atoms with Crippen molar-refractivity contribution in [1.29, 1.82) is 0 Å². The third-order valence-electron chi connectivity index (χ3n) is 2.84. The van der Waals surface area contributed by atoms with Crippen LogP contribution in [0.1, 0.15) is 18.4 Å². The second-order valence-corrected chi connectivity index (χ2v) is 3.98. The lowest BCUT2D eigenvalue weighted by Crippen LogP contribution is -1.90. The van der Waals surface area contributed by atoms with Crippen LogP contribution in [-0.2, 0) is 6.42 Å². The Bertz CT molecular complexity index is 477. The van der Waals surface area contributed by atoms with E-state index >= 15 is 0 Å². The van der Waals surface area contributed by atoms with Crippen molar-refractivity contribution in [2.45, 2.75) is 19.3 Å². The zero-order chi connectivity index (χ0) is 11.4. The van der Waals surface area contributed by atoms with E-state index in [1.165, 1.54) is 0 Å². The van der Waals surface area contributed by atoms with Gasteiger partial charge in [0.2, 0.25) is 0 Å². The Hall–Kier alpha value is -1.54. The van der Waals surface area contributed by atoms with Gasteiger partial charge >= 0.3 is 0 Å². The topological polar surface area (TPSA) is 40.5 Å². The normalized spacial score (nSPS) is 10.8. The molecule has 0 aliphatic heterocycles. The molecular weight excluding hydrogens is 200 g/mol. The van der Waals surface area contributed by atoms with E-state index < -0.39 is 0 Å². The fourth-order valence-corrected chi connectivity index (χ4v) is 1.93. The van der Waals surface area contributed by atoms with E-state index in [0.717, 1.165) is 35.6 Å². The molecule has 0 saturated heterocycles. The van der Waals surface area contributed by atoms with Crippen LogP contribution in [0.2, 0.25) is 0 Å². The summed E-state index contributed by atoms with van der Waals surface area (Å²) in [5.74, 6) is 0.385. The van der Waals surface area contributed by atoms with Crippen molar-refractivity contribution < 1.29 is 10.2 Å². The number of hydrogen-bond donors (Lipinski definition) is 2. The van der Waals surface area contributed by atoms with Gasteiger partial charge < -0.3 is 10.2 Å². The molecule has 0 unspecified atom stereocenters. The highest BCUT2D eigenvalue weighted by molar-refractivity contribution is 5.89. The molecule has 16 heavy (non-hydrogen) atoms. The van der Waals surface area contributed by atoms with E-state index in [-0.39, 0.29) is 6.61 Å². The van der Waals surface area contributed by atoms with Gasteiger partial charge in [0.15, 0.2) is 0 Å². The van der Waals surface area contributed by atoms with Crippen molar-refractivity contribution in [2.75, 3.05) is 6.61 Å². The maximum atomic E-state index is 10.1. The Kier molecular flexibility index (Phi) is 3.42. The van der Waals surface area contributed by atoms with E-state index in [9.17, 15) is 5.11 Å². The van der Waals surface area contributed by atoms with Crippen LogP contribution in [0.5, 0.6) is 5.75 Å². The predicted molar refractivity (Wildman–Crippen MR) is 65.6 cm³/mol. The van der Waals surface area contributed by atoms with Crippen LogP contribution in [0, 0.1) is 0 Å². The summed E-state index contributed by atoms with van der Waals surface area (Å²) in [5.41, 5.74) is 0.965. The van der Waals surface area contributed by atoms with Crippen molar-refractivity contribution in [1.82, 2.24) is 0 Å². The number of benzene rings is 2. The number of aryl methyl sites for hydroxylation is 1. The number of aliphatic hydroxyl groups excluding tert-OH is 1. The van der Waals surface area contributed by atoms with Crippen LogP contribution in [-0.4, -0.2) is 16.8 Å². The summed E-state index contributed by atoms with van der Waals surface area (Å²) in [4.78, 5) is 0. The average molecular weight is 216 g/mol. The van der Waals surface area contributed by atoms with Gasteiger partial charge in [0.05, 0.1) is 0 Å². The molecule has 0 aliphatic rings. The molecule has 2 heteroatoms. The Morgan fingerprint density at radius 2 is 1.75 bits per heavy atom. The average Bonchev–Trinajstić information content (AvgIpc) is 2.33. The summed E-state index contributed by atoms with van der Waals surface area (Å²) in [5, 5.41) is 20.8. The monoisotopic (exact) mass is 216 g/mol. The van der Waals surface area contributed by atoms with Gasteiger partial charge in [-0.2, -0.15) is 0 Å². The van der Waals surface area contributed by atoms with Crippen molar-refractivity contribution in [3.05, 3.63) is 42.0 Å². The van der Waals surface area contributed by atoms with Gasteiger partial charge in [-0.3, -0.25) is 0 Å². The van der Waals surface area contributed by atoms with E-state index in [4.69, 9.17) is 5.11 Å². The Morgan fingerprint density at radius 3 is 2.56 bits per heavy atom. The third kappa shape index (κ3) is 2.17. The van der Waals surface area contributed by atoms with Gasteiger partial charge in [-0.1, -0.05) is 36.4 Å². The number of fused-ring (bicyclic) bond motifs is 1. The molecule has 0 bridgehead atoms. The lowest BCUT2D eigenvalue weighted by atomic mass is 10.0. The molecule has 0 saturated carbocycles. The number of aromatic hydroxyl groups is 1. The molecule has 0 aromatic heterocycles. The van der Waals surface area contributed by atoms with Crippen LogP contribution in [0.4, 0.5) is 0 Å². The molecule has 0 fully saturated rings. The SMILES string of the molecule is OCCCCc1ccc2ccccc2c1O. The standard InChI is InChI=1S/C14H16O2/c15-10-4-3-6-12-9-8-11-5-1-2-7-13(11)14(12)16/h1-2,5,7-9,15-16H,3-4,6,10H2. The largest absolute Gasteiger partial charge is 0.507 e. The first-order valence-corrected chi connectivity index (χ1v) is 5.63. The summed E-state index contributed by atoms with van der Waals surface area (Å²) >= 11 is 0. The maximum Gasteiger partial charge on any atom is 0.126 e. The minimum absolute atomic E-state index is 0.217. The number of aliphatic hydroxyl groups is 1.